The van der Waals surface area contributed by atoms with Gasteiger partial charge in [0.15, 0.2) is 5.06 Å². The van der Waals surface area contributed by atoms with Crippen LogP contribution in [-0.2, 0) is 17.6 Å². The molecule has 0 atom stereocenters. The Hall–Kier alpha value is -1.62. The third kappa shape index (κ3) is 4.72. The molecule has 0 unspecified atom stereocenters. The van der Waals surface area contributed by atoms with Gasteiger partial charge in [0.2, 0.25) is 0 Å². The van der Waals surface area contributed by atoms with Crippen molar-refractivity contribution in [2.45, 2.75) is 26.2 Å². The lowest BCUT2D eigenvalue weighted by Crippen LogP contribution is -2.12. The Balaban J connectivity index is 0.00000225. The van der Waals surface area contributed by atoms with Crippen LogP contribution in [0, 0.1) is 0 Å². The van der Waals surface area contributed by atoms with Crippen molar-refractivity contribution in [1.29, 1.82) is 0 Å². The van der Waals surface area contributed by atoms with Crippen LogP contribution in [0.4, 0.5) is 0 Å². The van der Waals surface area contributed by atoms with E-state index in [1.54, 1.807) is 11.3 Å². The van der Waals surface area contributed by atoms with Gasteiger partial charge in [0, 0.05) is 18.3 Å². The van der Waals surface area contributed by atoms with Gasteiger partial charge in [-0.15, -0.1) is 12.4 Å². The van der Waals surface area contributed by atoms with Crippen LogP contribution in [0.1, 0.15) is 34.9 Å². The van der Waals surface area contributed by atoms with Gasteiger partial charge in [-0.3, -0.25) is 4.79 Å². The summed E-state index contributed by atoms with van der Waals surface area (Å²) in [6.45, 7) is 2.47. The molecule has 0 fully saturated rings. The zero-order valence-electron chi connectivity index (χ0n) is 14.9. The quantitative estimate of drug-likeness (QED) is 0.730. The van der Waals surface area contributed by atoms with Crippen LogP contribution in [0.3, 0.4) is 0 Å². The first kappa shape index (κ1) is 19.7. The van der Waals surface area contributed by atoms with E-state index in [0.29, 0.717) is 5.06 Å². The van der Waals surface area contributed by atoms with Crippen LogP contribution in [0.15, 0.2) is 36.4 Å². The molecule has 3 rings (SSSR count). The van der Waals surface area contributed by atoms with Crippen LogP contribution < -0.4 is 4.74 Å². The number of nitrogens with zero attached hydrogens (tertiary/aromatic N) is 1. The topological polar surface area (TPSA) is 29.5 Å². The molecule has 1 heterocycles. The van der Waals surface area contributed by atoms with E-state index >= 15 is 0 Å². The molecule has 0 aliphatic heterocycles. The monoisotopic (exact) mass is 377 g/mol. The molecule has 0 bridgehead atoms. The highest BCUT2D eigenvalue weighted by Gasteiger charge is 2.21. The molecule has 2 aromatic rings. The van der Waals surface area contributed by atoms with Crippen LogP contribution in [0.2, 0.25) is 0 Å². The van der Waals surface area contributed by atoms with Gasteiger partial charge >= 0.3 is 5.97 Å². The second-order valence-corrected chi connectivity index (χ2v) is 7.40. The largest absolute Gasteiger partial charge is 0.416 e. The molecule has 3 nitrogen and oxygen atoms in total. The number of carbonyl (C=O) groups is 1. The van der Waals surface area contributed by atoms with Gasteiger partial charge in [-0.2, -0.15) is 0 Å². The van der Waals surface area contributed by atoms with E-state index in [2.05, 4.69) is 49.3 Å². The van der Waals surface area contributed by atoms with Crippen LogP contribution in [-0.4, -0.2) is 31.5 Å². The van der Waals surface area contributed by atoms with Crippen LogP contribution in [0.5, 0.6) is 5.06 Å². The fourth-order valence-corrected chi connectivity index (χ4v) is 4.23. The van der Waals surface area contributed by atoms with Crippen molar-refractivity contribution in [2.24, 2.45) is 0 Å². The maximum absolute atomic E-state index is 11.3. The lowest BCUT2D eigenvalue weighted by molar-refractivity contribution is -0.131. The summed E-state index contributed by atoms with van der Waals surface area (Å²) in [7, 11) is 4.18. The molecule has 0 radical (unpaired) electrons. The number of thiophene rings is 1. The number of esters is 1. The molecule has 0 saturated carbocycles. The van der Waals surface area contributed by atoms with Crippen molar-refractivity contribution in [3.05, 3.63) is 58.0 Å². The Kier molecular flexibility index (Phi) is 6.82. The van der Waals surface area contributed by atoms with E-state index in [9.17, 15) is 4.79 Å². The summed E-state index contributed by atoms with van der Waals surface area (Å²) in [5.41, 5.74) is 5.27. The molecule has 134 valence electrons. The number of hydrogen-bond donors (Lipinski definition) is 0. The zero-order valence-corrected chi connectivity index (χ0v) is 16.5. The Morgan fingerprint density at radius 3 is 2.68 bits per heavy atom. The molecular formula is C20H24ClNO2S. The highest BCUT2D eigenvalue weighted by atomic mass is 35.5. The summed E-state index contributed by atoms with van der Waals surface area (Å²) in [5, 5.41) is 0.699. The predicted molar refractivity (Wildman–Crippen MR) is 107 cm³/mol. The minimum absolute atomic E-state index is 0. The highest BCUT2D eigenvalue weighted by molar-refractivity contribution is 7.15. The second-order valence-electron chi connectivity index (χ2n) is 6.38. The van der Waals surface area contributed by atoms with Gasteiger partial charge in [-0.05, 0) is 61.7 Å². The molecule has 0 amide bonds. The molecular weight excluding hydrogens is 354 g/mol. The van der Waals surface area contributed by atoms with Crippen molar-refractivity contribution in [3.63, 3.8) is 0 Å². The molecule has 5 heteroatoms. The Labute approximate surface area is 159 Å². The average molecular weight is 378 g/mol. The number of benzene rings is 1. The summed E-state index contributed by atoms with van der Waals surface area (Å²) in [6, 6.07) is 10.7. The normalized spacial score (nSPS) is 14.5. The minimum atomic E-state index is -0.259. The third-order valence-electron chi connectivity index (χ3n) is 4.17. The number of carbonyl (C=O) groups excluding carboxylic acids is 1. The minimum Gasteiger partial charge on any atom is -0.416 e. The summed E-state index contributed by atoms with van der Waals surface area (Å²) in [5.74, 6) is -0.259. The van der Waals surface area contributed by atoms with Gasteiger partial charge in [-0.1, -0.05) is 41.7 Å². The van der Waals surface area contributed by atoms with E-state index in [-0.39, 0.29) is 18.4 Å². The molecule has 25 heavy (non-hydrogen) atoms. The zero-order chi connectivity index (χ0) is 17.1. The van der Waals surface area contributed by atoms with Gasteiger partial charge in [0.1, 0.15) is 0 Å². The van der Waals surface area contributed by atoms with Gasteiger partial charge in [-0.25, -0.2) is 0 Å². The van der Waals surface area contributed by atoms with Crippen LogP contribution in [0.25, 0.3) is 5.57 Å². The number of hydrogen-bond acceptors (Lipinski definition) is 4. The van der Waals surface area contributed by atoms with Gasteiger partial charge in [0.25, 0.3) is 0 Å². The maximum Gasteiger partial charge on any atom is 0.308 e. The first-order chi connectivity index (χ1) is 11.5. The lowest BCUT2D eigenvalue weighted by Gasteiger charge is -2.11. The van der Waals surface area contributed by atoms with Crippen molar-refractivity contribution >= 4 is 35.3 Å². The summed E-state index contributed by atoms with van der Waals surface area (Å²) in [6.07, 6.45) is 5.33. The van der Waals surface area contributed by atoms with Crippen molar-refractivity contribution in [3.8, 4) is 5.06 Å². The third-order valence-corrected chi connectivity index (χ3v) is 5.26. The van der Waals surface area contributed by atoms with E-state index in [0.717, 1.165) is 25.8 Å². The van der Waals surface area contributed by atoms with Crippen molar-refractivity contribution in [2.75, 3.05) is 20.6 Å². The second kappa shape index (κ2) is 8.65. The maximum atomic E-state index is 11.3. The first-order valence-electron chi connectivity index (χ1n) is 8.29. The molecule has 0 N–H and O–H groups in total. The molecule has 1 aromatic carbocycles. The number of aryl methyl sites for hydroxylation is 2. The number of fused-ring (bicyclic) bond motifs is 2. The molecule has 1 aliphatic carbocycles. The Morgan fingerprint density at radius 1 is 1.24 bits per heavy atom. The van der Waals surface area contributed by atoms with E-state index in [1.165, 1.54) is 34.1 Å². The SMILES string of the molecule is CC(=O)Oc1cc2c(s1)/C(=C/CCN(C)C)c1ccccc1CC2.Cl. The molecule has 1 aromatic heterocycles. The summed E-state index contributed by atoms with van der Waals surface area (Å²) < 4.78 is 5.33. The van der Waals surface area contributed by atoms with E-state index in [4.69, 9.17) is 4.74 Å². The average Bonchev–Trinajstić information content (AvgIpc) is 2.85. The Morgan fingerprint density at radius 2 is 1.96 bits per heavy atom. The lowest BCUT2D eigenvalue weighted by atomic mass is 9.98. The first-order valence-corrected chi connectivity index (χ1v) is 9.11. The summed E-state index contributed by atoms with van der Waals surface area (Å²) >= 11 is 1.58. The van der Waals surface area contributed by atoms with Crippen molar-refractivity contribution in [1.82, 2.24) is 4.90 Å². The van der Waals surface area contributed by atoms with Gasteiger partial charge in [0.05, 0.1) is 0 Å². The van der Waals surface area contributed by atoms with Gasteiger partial charge < -0.3 is 9.64 Å². The highest BCUT2D eigenvalue weighted by Crippen LogP contribution is 2.41. The molecule has 0 spiro atoms. The van der Waals surface area contributed by atoms with E-state index < -0.39 is 0 Å². The molecule has 1 aliphatic rings. The predicted octanol–water partition coefficient (Wildman–Crippen LogP) is 4.58. The van der Waals surface area contributed by atoms with Crippen molar-refractivity contribution < 1.29 is 9.53 Å². The fraction of sp³-hybridized carbons (Fsp3) is 0.350. The fourth-order valence-electron chi connectivity index (χ4n) is 3.07. The number of halogens is 1. The van der Waals surface area contributed by atoms with E-state index in [1.807, 2.05) is 6.07 Å². The summed E-state index contributed by atoms with van der Waals surface area (Å²) in [4.78, 5) is 14.7. The smallest absolute Gasteiger partial charge is 0.308 e. The van der Waals surface area contributed by atoms with Crippen LogP contribution >= 0.6 is 23.7 Å². The molecule has 0 saturated heterocycles. The Bertz CT molecular complexity index is 780. The number of rotatable bonds is 4. The standard InChI is InChI=1S/C20H23NO2S.ClH/c1-14(22)23-19-13-16-11-10-15-7-4-5-8-17(15)18(20(16)24-19)9-6-12-21(2)3;/h4-5,7-9,13H,6,10-12H2,1-3H3;1H/b18-9+;. The number of ether oxygens (including phenoxy) is 1.